The SMILES string of the molecule is CC(CO)(Nc1ccc(Cl)cc1)c1ccccn1. The number of nitrogens with one attached hydrogen (secondary N) is 1. The Morgan fingerprint density at radius 2 is 1.94 bits per heavy atom. The number of aliphatic hydroxyl groups is 1. The van der Waals surface area contributed by atoms with Crippen LogP contribution in [0.5, 0.6) is 0 Å². The van der Waals surface area contributed by atoms with Crippen LogP contribution in [0.25, 0.3) is 0 Å². The monoisotopic (exact) mass is 262 g/mol. The lowest BCUT2D eigenvalue weighted by molar-refractivity contribution is 0.221. The summed E-state index contributed by atoms with van der Waals surface area (Å²) in [6, 6.07) is 13.0. The van der Waals surface area contributed by atoms with Crippen LogP contribution >= 0.6 is 11.6 Å². The number of nitrogens with zero attached hydrogens (tertiary/aromatic N) is 1. The van der Waals surface area contributed by atoms with E-state index >= 15 is 0 Å². The van der Waals surface area contributed by atoms with Gasteiger partial charge < -0.3 is 10.4 Å². The number of aromatic nitrogens is 1. The summed E-state index contributed by atoms with van der Waals surface area (Å²) in [5.74, 6) is 0. The van der Waals surface area contributed by atoms with Crippen LogP contribution in [0.2, 0.25) is 5.02 Å². The minimum absolute atomic E-state index is 0.0490. The van der Waals surface area contributed by atoms with Crippen LogP contribution in [0.15, 0.2) is 48.7 Å². The van der Waals surface area contributed by atoms with Gasteiger partial charge in [0, 0.05) is 16.9 Å². The van der Waals surface area contributed by atoms with Gasteiger partial charge in [-0.2, -0.15) is 0 Å². The van der Waals surface area contributed by atoms with Crippen molar-refractivity contribution in [2.24, 2.45) is 0 Å². The lowest BCUT2D eigenvalue weighted by Gasteiger charge is -2.29. The van der Waals surface area contributed by atoms with E-state index in [4.69, 9.17) is 11.6 Å². The molecule has 2 aromatic rings. The van der Waals surface area contributed by atoms with E-state index < -0.39 is 5.54 Å². The first kappa shape index (κ1) is 12.9. The normalized spacial score (nSPS) is 13.9. The highest BCUT2D eigenvalue weighted by atomic mass is 35.5. The molecule has 94 valence electrons. The highest BCUT2D eigenvalue weighted by Gasteiger charge is 2.26. The number of aliphatic hydroxyl groups excluding tert-OH is 1. The van der Waals surface area contributed by atoms with Gasteiger partial charge in [0.1, 0.15) is 0 Å². The van der Waals surface area contributed by atoms with E-state index in [-0.39, 0.29) is 6.61 Å². The zero-order valence-corrected chi connectivity index (χ0v) is 10.9. The fraction of sp³-hybridized carbons (Fsp3) is 0.214. The molecule has 0 spiro atoms. The summed E-state index contributed by atoms with van der Waals surface area (Å²) in [6.07, 6.45) is 1.72. The van der Waals surface area contributed by atoms with Gasteiger partial charge in [-0.05, 0) is 43.3 Å². The number of hydrogen-bond donors (Lipinski definition) is 2. The highest BCUT2D eigenvalue weighted by molar-refractivity contribution is 6.30. The van der Waals surface area contributed by atoms with Gasteiger partial charge >= 0.3 is 0 Å². The summed E-state index contributed by atoms with van der Waals surface area (Å²) in [6.45, 7) is 1.86. The minimum Gasteiger partial charge on any atom is -0.394 e. The van der Waals surface area contributed by atoms with Crippen molar-refractivity contribution in [3.63, 3.8) is 0 Å². The number of hydrogen-bond acceptors (Lipinski definition) is 3. The Kier molecular flexibility index (Phi) is 3.84. The van der Waals surface area contributed by atoms with Gasteiger partial charge in [0.15, 0.2) is 0 Å². The largest absolute Gasteiger partial charge is 0.394 e. The molecule has 0 bridgehead atoms. The first-order valence-corrected chi connectivity index (χ1v) is 6.08. The molecule has 0 saturated carbocycles. The number of anilines is 1. The molecule has 0 amide bonds. The second-order valence-electron chi connectivity index (χ2n) is 4.34. The zero-order valence-electron chi connectivity index (χ0n) is 10.1. The molecule has 0 aliphatic rings. The maximum Gasteiger partial charge on any atom is 0.1000 e. The third kappa shape index (κ3) is 2.81. The molecule has 3 nitrogen and oxygen atoms in total. The average Bonchev–Trinajstić information content (AvgIpc) is 2.42. The third-order valence-corrected chi connectivity index (χ3v) is 3.06. The summed E-state index contributed by atoms with van der Waals surface area (Å²) >= 11 is 5.84. The lowest BCUT2D eigenvalue weighted by Crippen LogP contribution is -2.36. The maximum absolute atomic E-state index is 9.63. The van der Waals surface area contributed by atoms with Crippen molar-refractivity contribution in [2.75, 3.05) is 11.9 Å². The van der Waals surface area contributed by atoms with Gasteiger partial charge in [-0.1, -0.05) is 17.7 Å². The Hall–Kier alpha value is -1.58. The molecular formula is C14H15ClN2O. The summed E-state index contributed by atoms with van der Waals surface area (Å²) in [7, 11) is 0. The molecule has 0 aliphatic heterocycles. The van der Waals surface area contributed by atoms with Crippen molar-refractivity contribution >= 4 is 17.3 Å². The Morgan fingerprint density at radius 3 is 2.50 bits per heavy atom. The molecule has 0 fully saturated rings. The van der Waals surface area contributed by atoms with Crippen LogP contribution in [0.4, 0.5) is 5.69 Å². The molecule has 1 atom stereocenters. The second-order valence-corrected chi connectivity index (χ2v) is 4.77. The van der Waals surface area contributed by atoms with Crippen LogP contribution < -0.4 is 5.32 Å². The van der Waals surface area contributed by atoms with Gasteiger partial charge in [0.05, 0.1) is 17.8 Å². The molecule has 1 aromatic carbocycles. The summed E-state index contributed by atoms with van der Waals surface area (Å²) in [4.78, 5) is 4.29. The van der Waals surface area contributed by atoms with Crippen molar-refractivity contribution in [2.45, 2.75) is 12.5 Å². The molecule has 4 heteroatoms. The van der Waals surface area contributed by atoms with E-state index in [1.54, 1.807) is 18.3 Å². The van der Waals surface area contributed by atoms with Crippen LogP contribution in [0.1, 0.15) is 12.6 Å². The Morgan fingerprint density at radius 1 is 1.22 bits per heavy atom. The highest BCUT2D eigenvalue weighted by Crippen LogP contribution is 2.24. The molecule has 0 saturated heterocycles. The van der Waals surface area contributed by atoms with Crippen LogP contribution in [-0.4, -0.2) is 16.7 Å². The first-order valence-electron chi connectivity index (χ1n) is 5.70. The minimum atomic E-state index is -0.616. The molecule has 1 aromatic heterocycles. The van der Waals surface area contributed by atoms with Gasteiger partial charge in [0.2, 0.25) is 0 Å². The van der Waals surface area contributed by atoms with Crippen molar-refractivity contribution in [3.05, 3.63) is 59.4 Å². The van der Waals surface area contributed by atoms with E-state index in [0.717, 1.165) is 11.4 Å². The van der Waals surface area contributed by atoms with E-state index in [2.05, 4.69) is 10.3 Å². The summed E-state index contributed by atoms with van der Waals surface area (Å²) in [5.41, 5.74) is 1.07. The summed E-state index contributed by atoms with van der Waals surface area (Å²) < 4.78 is 0. The molecule has 1 unspecified atom stereocenters. The molecule has 0 aliphatic carbocycles. The number of rotatable bonds is 4. The molecule has 0 radical (unpaired) electrons. The standard InChI is InChI=1S/C14H15ClN2O/c1-14(10-18,13-4-2-3-9-16-13)17-12-7-5-11(15)6-8-12/h2-9,17-18H,10H2,1H3. The van der Waals surface area contributed by atoms with Gasteiger partial charge in [-0.25, -0.2) is 0 Å². The Labute approximate surface area is 111 Å². The Balaban J connectivity index is 2.26. The smallest absolute Gasteiger partial charge is 0.1000 e. The molecular weight excluding hydrogens is 248 g/mol. The molecule has 2 rings (SSSR count). The van der Waals surface area contributed by atoms with Gasteiger partial charge in [0.25, 0.3) is 0 Å². The Bertz CT molecular complexity index is 501. The van der Waals surface area contributed by atoms with E-state index in [1.165, 1.54) is 0 Å². The molecule has 2 N–H and O–H groups in total. The number of benzene rings is 1. The van der Waals surface area contributed by atoms with E-state index in [9.17, 15) is 5.11 Å². The van der Waals surface area contributed by atoms with Crippen molar-refractivity contribution in [3.8, 4) is 0 Å². The fourth-order valence-electron chi connectivity index (χ4n) is 1.73. The predicted octanol–water partition coefficient (Wildman–Crippen LogP) is 3.05. The zero-order chi connectivity index (χ0) is 13.0. The van der Waals surface area contributed by atoms with Gasteiger partial charge in [-0.15, -0.1) is 0 Å². The van der Waals surface area contributed by atoms with Crippen molar-refractivity contribution in [1.82, 2.24) is 4.98 Å². The average molecular weight is 263 g/mol. The second kappa shape index (κ2) is 5.38. The van der Waals surface area contributed by atoms with Crippen LogP contribution in [0.3, 0.4) is 0 Å². The summed E-state index contributed by atoms with van der Waals surface area (Å²) in [5, 5.41) is 13.6. The number of pyridine rings is 1. The van der Waals surface area contributed by atoms with E-state index in [0.29, 0.717) is 5.02 Å². The van der Waals surface area contributed by atoms with E-state index in [1.807, 2.05) is 37.3 Å². The van der Waals surface area contributed by atoms with Crippen molar-refractivity contribution < 1.29 is 5.11 Å². The predicted molar refractivity (Wildman–Crippen MR) is 73.7 cm³/mol. The molecule has 1 heterocycles. The topological polar surface area (TPSA) is 45.1 Å². The molecule has 18 heavy (non-hydrogen) atoms. The maximum atomic E-state index is 9.63. The van der Waals surface area contributed by atoms with Gasteiger partial charge in [-0.3, -0.25) is 4.98 Å². The van der Waals surface area contributed by atoms with Crippen LogP contribution in [-0.2, 0) is 5.54 Å². The third-order valence-electron chi connectivity index (χ3n) is 2.81. The van der Waals surface area contributed by atoms with Crippen LogP contribution in [0, 0.1) is 0 Å². The fourth-order valence-corrected chi connectivity index (χ4v) is 1.85. The first-order chi connectivity index (χ1) is 8.64. The number of halogens is 1. The quantitative estimate of drug-likeness (QED) is 0.890. The van der Waals surface area contributed by atoms with Crippen molar-refractivity contribution in [1.29, 1.82) is 0 Å². The lowest BCUT2D eigenvalue weighted by atomic mass is 9.97.